The Kier molecular flexibility index (Phi) is 5.03. The number of aryl methyl sites for hydroxylation is 1. The highest BCUT2D eigenvalue weighted by atomic mass is 19.4. The van der Waals surface area contributed by atoms with E-state index in [0.717, 1.165) is 41.9 Å². The van der Waals surface area contributed by atoms with E-state index in [9.17, 15) is 18.0 Å². The number of alkyl halides is 3. The Labute approximate surface area is 171 Å². The third-order valence-corrected chi connectivity index (χ3v) is 5.92. The van der Waals surface area contributed by atoms with Crippen LogP contribution in [0.3, 0.4) is 0 Å². The molecule has 30 heavy (non-hydrogen) atoms. The van der Waals surface area contributed by atoms with E-state index in [0.29, 0.717) is 18.6 Å². The third-order valence-electron chi connectivity index (χ3n) is 5.92. The minimum atomic E-state index is -4.42. The van der Waals surface area contributed by atoms with E-state index in [-0.39, 0.29) is 24.0 Å². The summed E-state index contributed by atoms with van der Waals surface area (Å²) in [6.45, 7) is 7.09. The van der Waals surface area contributed by atoms with Crippen molar-refractivity contribution in [3.8, 4) is 0 Å². The second-order valence-electron chi connectivity index (χ2n) is 7.82. The molecular formula is C20H23F3N6O. The molecule has 1 aromatic carbocycles. The van der Waals surface area contributed by atoms with Crippen LogP contribution in [0.2, 0.25) is 0 Å². The molecule has 0 N–H and O–H groups in total. The number of hydrogen-bond donors (Lipinski definition) is 0. The van der Waals surface area contributed by atoms with Gasteiger partial charge in [-0.1, -0.05) is 5.21 Å². The number of nitrogens with zero attached hydrogens (tertiary/aromatic N) is 6. The Morgan fingerprint density at radius 1 is 1.23 bits per heavy atom. The lowest BCUT2D eigenvalue weighted by Crippen LogP contribution is -2.42. The van der Waals surface area contributed by atoms with Gasteiger partial charge in [-0.2, -0.15) is 18.3 Å². The zero-order valence-corrected chi connectivity index (χ0v) is 17.1. The van der Waals surface area contributed by atoms with Crippen LogP contribution in [-0.2, 0) is 17.5 Å². The lowest BCUT2D eigenvalue weighted by atomic mass is 10.1. The SMILES string of the molecule is Cc1nn(CC(=O)N2CCCC(n3nnc4cc(C(F)(F)F)ccc43)C2)c(C)c1C. The van der Waals surface area contributed by atoms with E-state index >= 15 is 0 Å². The first-order valence-corrected chi connectivity index (χ1v) is 9.85. The van der Waals surface area contributed by atoms with Crippen molar-refractivity contribution in [3.05, 3.63) is 40.7 Å². The number of carbonyl (C=O) groups is 1. The van der Waals surface area contributed by atoms with Gasteiger partial charge in [0.05, 0.1) is 22.8 Å². The third kappa shape index (κ3) is 3.66. The molecule has 0 spiro atoms. The first kappa shape index (κ1) is 20.4. The van der Waals surface area contributed by atoms with Crippen LogP contribution >= 0.6 is 0 Å². The predicted molar refractivity (Wildman–Crippen MR) is 104 cm³/mol. The number of rotatable bonds is 3. The molecular weight excluding hydrogens is 397 g/mol. The summed E-state index contributed by atoms with van der Waals surface area (Å²) in [7, 11) is 0. The molecule has 0 saturated carbocycles. The van der Waals surface area contributed by atoms with Crippen molar-refractivity contribution in [1.82, 2.24) is 29.7 Å². The van der Waals surface area contributed by atoms with Crippen LogP contribution in [0.5, 0.6) is 0 Å². The summed E-state index contributed by atoms with van der Waals surface area (Å²) < 4.78 is 42.2. The molecule has 1 saturated heterocycles. The largest absolute Gasteiger partial charge is 0.416 e. The number of piperidine rings is 1. The summed E-state index contributed by atoms with van der Waals surface area (Å²) in [5, 5.41) is 12.5. The molecule has 2 aromatic heterocycles. The molecule has 1 amide bonds. The smallest absolute Gasteiger partial charge is 0.339 e. The lowest BCUT2D eigenvalue weighted by molar-refractivity contribution is -0.137. The highest BCUT2D eigenvalue weighted by molar-refractivity contribution is 5.77. The van der Waals surface area contributed by atoms with Crippen LogP contribution in [0.4, 0.5) is 13.2 Å². The Morgan fingerprint density at radius 2 is 2.00 bits per heavy atom. The molecule has 7 nitrogen and oxygen atoms in total. The van der Waals surface area contributed by atoms with Crippen molar-refractivity contribution >= 4 is 16.9 Å². The zero-order chi connectivity index (χ0) is 21.6. The van der Waals surface area contributed by atoms with Crippen molar-refractivity contribution in [3.63, 3.8) is 0 Å². The van der Waals surface area contributed by atoms with Crippen LogP contribution in [0.25, 0.3) is 11.0 Å². The second kappa shape index (κ2) is 7.41. The topological polar surface area (TPSA) is 68.8 Å². The van der Waals surface area contributed by atoms with E-state index < -0.39 is 11.7 Å². The Bertz CT molecular complexity index is 1100. The van der Waals surface area contributed by atoms with Crippen LogP contribution in [0.1, 0.15) is 41.4 Å². The van der Waals surface area contributed by atoms with Crippen molar-refractivity contribution in [2.24, 2.45) is 0 Å². The van der Waals surface area contributed by atoms with Gasteiger partial charge >= 0.3 is 6.18 Å². The molecule has 3 heterocycles. The van der Waals surface area contributed by atoms with Gasteiger partial charge in [-0.15, -0.1) is 5.10 Å². The highest BCUT2D eigenvalue weighted by Gasteiger charge is 2.32. The van der Waals surface area contributed by atoms with Gasteiger partial charge in [0, 0.05) is 18.8 Å². The summed E-state index contributed by atoms with van der Waals surface area (Å²) in [5.74, 6) is -0.0333. The van der Waals surface area contributed by atoms with E-state index in [2.05, 4.69) is 15.4 Å². The summed E-state index contributed by atoms with van der Waals surface area (Å²) in [6.07, 6.45) is -2.86. The van der Waals surface area contributed by atoms with Gasteiger partial charge in [0.1, 0.15) is 12.1 Å². The van der Waals surface area contributed by atoms with E-state index in [1.165, 1.54) is 6.07 Å². The number of hydrogen-bond acceptors (Lipinski definition) is 4. The average Bonchev–Trinajstić information content (AvgIpc) is 3.24. The Hall–Kier alpha value is -2.91. The fourth-order valence-corrected chi connectivity index (χ4v) is 3.94. The molecule has 0 bridgehead atoms. The monoisotopic (exact) mass is 420 g/mol. The summed E-state index contributed by atoms with van der Waals surface area (Å²) >= 11 is 0. The number of aromatic nitrogens is 5. The number of amides is 1. The molecule has 0 radical (unpaired) electrons. The summed E-state index contributed by atoms with van der Waals surface area (Å²) in [5.41, 5.74) is 2.94. The van der Waals surface area contributed by atoms with E-state index in [1.807, 2.05) is 20.8 Å². The average molecular weight is 420 g/mol. The van der Waals surface area contributed by atoms with Crippen molar-refractivity contribution in [1.29, 1.82) is 0 Å². The van der Waals surface area contributed by atoms with Gasteiger partial charge in [0.25, 0.3) is 0 Å². The maximum atomic E-state index is 12.9. The van der Waals surface area contributed by atoms with E-state index in [4.69, 9.17) is 0 Å². The normalized spacial score (nSPS) is 17.7. The second-order valence-corrected chi connectivity index (χ2v) is 7.82. The fraction of sp³-hybridized carbons (Fsp3) is 0.500. The first-order chi connectivity index (χ1) is 14.1. The lowest BCUT2D eigenvalue weighted by Gasteiger charge is -2.33. The maximum Gasteiger partial charge on any atom is 0.416 e. The Morgan fingerprint density at radius 3 is 2.67 bits per heavy atom. The van der Waals surface area contributed by atoms with Crippen molar-refractivity contribution in [2.75, 3.05) is 13.1 Å². The molecule has 160 valence electrons. The molecule has 0 aliphatic carbocycles. The minimum absolute atomic E-state index is 0.0333. The molecule has 1 aliphatic rings. The zero-order valence-electron chi connectivity index (χ0n) is 17.1. The molecule has 1 atom stereocenters. The first-order valence-electron chi connectivity index (χ1n) is 9.85. The summed E-state index contributed by atoms with van der Waals surface area (Å²) in [6, 6.07) is 3.32. The highest BCUT2D eigenvalue weighted by Crippen LogP contribution is 2.32. The number of carbonyl (C=O) groups excluding carboxylic acids is 1. The molecule has 1 aliphatic heterocycles. The minimum Gasteiger partial charge on any atom is -0.339 e. The van der Waals surface area contributed by atoms with Crippen LogP contribution < -0.4 is 0 Å². The predicted octanol–water partition coefficient (Wildman–Crippen LogP) is 3.44. The molecule has 1 fully saturated rings. The van der Waals surface area contributed by atoms with Gasteiger partial charge < -0.3 is 4.90 Å². The van der Waals surface area contributed by atoms with Crippen LogP contribution in [-0.4, -0.2) is 48.7 Å². The van der Waals surface area contributed by atoms with Crippen molar-refractivity contribution in [2.45, 2.75) is 52.4 Å². The van der Waals surface area contributed by atoms with E-state index in [1.54, 1.807) is 14.3 Å². The van der Waals surface area contributed by atoms with Crippen LogP contribution in [0.15, 0.2) is 18.2 Å². The molecule has 1 unspecified atom stereocenters. The molecule has 4 rings (SSSR count). The number of likely N-dealkylation sites (tertiary alicyclic amines) is 1. The van der Waals surface area contributed by atoms with Crippen LogP contribution in [0, 0.1) is 20.8 Å². The maximum absolute atomic E-state index is 12.9. The number of benzene rings is 1. The van der Waals surface area contributed by atoms with Crippen molar-refractivity contribution < 1.29 is 18.0 Å². The standard InChI is InChI=1S/C20H23F3N6O/c1-12-13(2)25-28(14(12)3)11-19(30)27-8-4-5-16(10-27)29-18-7-6-15(20(21,22)23)9-17(18)24-26-29/h6-7,9,16H,4-5,8,10-11H2,1-3H3. The van der Waals surface area contributed by atoms with Gasteiger partial charge in [0.2, 0.25) is 5.91 Å². The number of fused-ring (bicyclic) bond motifs is 1. The van der Waals surface area contributed by atoms with Gasteiger partial charge in [-0.25, -0.2) is 4.68 Å². The fourth-order valence-electron chi connectivity index (χ4n) is 3.94. The molecule has 3 aromatic rings. The Balaban J connectivity index is 1.52. The quantitative estimate of drug-likeness (QED) is 0.651. The number of halogens is 3. The van der Waals surface area contributed by atoms with Gasteiger partial charge in [-0.3, -0.25) is 9.48 Å². The summed E-state index contributed by atoms with van der Waals surface area (Å²) in [4.78, 5) is 14.6. The molecule has 10 heteroatoms. The van der Waals surface area contributed by atoms with Gasteiger partial charge in [0.15, 0.2) is 0 Å². The van der Waals surface area contributed by atoms with Gasteiger partial charge in [-0.05, 0) is 57.4 Å².